The lowest BCUT2D eigenvalue weighted by Gasteiger charge is -2.57. The molecule has 200 valence electrons. The molecule has 1 spiro atoms. The zero-order valence-electron chi connectivity index (χ0n) is 22.5. The van der Waals surface area contributed by atoms with E-state index in [0.717, 1.165) is 42.7 Å². The van der Waals surface area contributed by atoms with E-state index < -0.39 is 5.54 Å². The van der Waals surface area contributed by atoms with Gasteiger partial charge in [-0.25, -0.2) is 0 Å². The van der Waals surface area contributed by atoms with E-state index in [1.165, 1.54) is 19.3 Å². The molecule has 1 aromatic rings. The topological polar surface area (TPSA) is 64.2 Å². The molecule has 1 aromatic carbocycles. The number of benzene rings is 1. The van der Waals surface area contributed by atoms with Crippen LogP contribution < -0.4 is 4.90 Å². The molecule has 6 fully saturated rings. The number of anilines is 1. The van der Waals surface area contributed by atoms with Gasteiger partial charge in [0.15, 0.2) is 0 Å². The van der Waals surface area contributed by atoms with Crippen molar-refractivity contribution in [1.82, 2.24) is 14.7 Å². The Morgan fingerprint density at radius 1 is 0.919 bits per heavy atom. The molecule has 7 nitrogen and oxygen atoms in total. The molecule has 7 heteroatoms. The number of carbonyl (C=O) groups is 3. The SMILES string of the molecule is CCN(CC)C(=O)CN1CN(c2ccccc2)C2(CCN(C(=O)C34CC5CC(CC(C5)C3)C4)CC2)C1=O. The second-order valence-corrected chi connectivity index (χ2v) is 12.5. The van der Waals surface area contributed by atoms with Gasteiger partial charge in [0.2, 0.25) is 11.8 Å². The molecule has 0 unspecified atom stereocenters. The molecule has 4 saturated carbocycles. The van der Waals surface area contributed by atoms with Crippen LogP contribution >= 0.6 is 0 Å². The van der Waals surface area contributed by atoms with Crippen LogP contribution in [0.4, 0.5) is 5.69 Å². The zero-order chi connectivity index (χ0) is 25.8. The van der Waals surface area contributed by atoms with Crippen LogP contribution in [0.2, 0.25) is 0 Å². The number of carbonyl (C=O) groups excluding carboxylic acids is 3. The summed E-state index contributed by atoms with van der Waals surface area (Å²) in [6, 6.07) is 10.1. The van der Waals surface area contributed by atoms with Crippen molar-refractivity contribution in [3.63, 3.8) is 0 Å². The van der Waals surface area contributed by atoms with Gasteiger partial charge in [0.25, 0.3) is 5.91 Å². The van der Waals surface area contributed by atoms with Crippen LogP contribution in [0.3, 0.4) is 0 Å². The van der Waals surface area contributed by atoms with Crippen molar-refractivity contribution < 1.29 is 14.4 Å². The smallest absolute Gasteiger partial charge is 0.250 e. The second kappa shape index (κ2) is 9.32. The van der Waals surface area contributed by atoms with Gasteiger partial charge in [-0.15, -0.1) is 0 Å². The lowest BCUT2D eigenvalue weighted by molar-refractivity contribution is -0.160. The zero-order valence-corrected chi connectivity index (χ0v) is 22.5. The highest BCUT2D eigenvalue weighted by molar-refractivity contribution is 5.96. The summed E-state index contributed by atoms with van der Waals surface area (Å²) in [7, 11) is 0. The quantitative estimate of drug-likeness (QED) is 0.590. The number of hydrogen-bond acceptors (Lipinski definition) is 4. The molecular weight excluding hydrogens is 464 g/mol. The summed E-state index contributed by atoms with van der Waals surface area (Å²) in [5.41, 5.74) is 0.179. The van der Waals surface area contributed by atoms with Gasteiger partial charge in [-0.3, -0.25) is 14.4 Å². The van der Waals surface area contributed by atoms with Gasteiger partial charge in [-0.05, 0) is 95.1 Å². The Morgan fingerprint density at radius 3 is 2.03 bits per heavy atom. The Labute approximate surface area is 221 Å². The third kappa shape index (κ3) is 4.04. The average molecular weight is 507 g/mol. The number of likely N-dealkylation sites (tertiary alicyclic amines) is 1. The summed E-state index contributed by atoms with van der Waals surface area (Å²) in [6.07, 6.45) is 8.47. The van der Waals surface area contributed by atoms with Gasteiger partial charge in [-0.2, -0.15) is 0 Å². The number of nitrogens with zero attached hydrogens (tertiary/aromatic N) is 4. The Kier molecular flexibility index (Phi) is 6.23. The van der Waals surface area contributed by atoms with Crippen molar-refractivity contribution in [2.24, 2.45) is 23.2 Å². The van der Waals surface area contributed by atoms with E-state index in [4.69, 9.17) is 0 Å². The van der Waals surface area contributed by atoms with Crippen LogP contribution in [0.25, 0.3) is 0 Å². The van der Waals surface area contributed by atoms with Crippen LogP contribution in [0.5, 0.6) is 0 Å². The van der Waals surface area contributed by atoms with Gasteiger partial charge < -0.3 is 19.6 Å². The molecule has 2 saturated heterocycles. The van der Waals surface area contributed by atoms with Crippen molar-refractivity contribution in [2.75, 3.05) is 44.3 Å². The summed E-state index contributed by atoms with van der Waals surface area (Å²) in [4.78, 5) is 48.8. The number of piperidine rings is 1. The van der Waals surface area contributed by atoms with E-state index >= 15 is 0 Å². The number of hydrogen-bond donors (Lipinski definition) is 0. The van der Waals surface area contributed by atoms with Gasteiger partial charge in [0.1, 0.15) is 12.1 Å². The summed E-state index contributed by atoms with van der Waals surface area (Å²) in [5.74, 6) is 2.64. The van der Waals surface area contributed by atoms with Gasteiger partial charge in [-0.1, -0.05) is 18.2 Å². The van der Waals surface area contributed by atoms with Gasteiger partial charge in [0, 0.05) is 31.9 Å². The Morgan fingerprint density at radius 2 is 1.49 bits per heavy atom. The Hall–Kier alpha value is -2.57. The summed E-state index contributed by atoms with van der Waals surface area (Å²) < 4.78 is 0. The molecule has 4 bridgehead atoms. The molecule has 0 N–H and O–H groups in total. The minimum absolute atomic E-state index is 0.00200. The van der Waals surface area contributed by atoms with E-state index in [0.29, 0.717) is 51.6 Å². The fourth-order valence-corrected chi connectivity index (χ4v) is 8.95. The van der Waals surface area contributed by atoms with Gasteiger partial charge >= 0.3 is 0 Å². The lowest BCUT2D eigenvalue weighted by Crippen LogP contribution is -2.61. The molecule has 3 amide bonds. The molecule has 2 heterocycles. The fraction of sp³-hybridized carbons (Fsp3) is 0.700. The minimum Gasteiger partial charge on any atom is -0.342 e. The Balaban J connectivity index is 1.21. The first-order chi connectivity index (χ1) is 17.9. The highest BCUT2D eigenvalue weighted by atomic mass is 16.2. The van der Waals surface area contributed by atoms with Crippen molar-refractivity contribution in [2.45, 2.75) is 70.8 Å². The van der Waals surface area contributed by atoms with Gasteiger partial charge in [0.05, 0.1) is 12.1 Å². The summed E-state index contributed by atoms with van der Waals surface area (Å²) in [6.45, 7) is 7.00. The predicted octanol–water partition coefficient (Wildman–Crippen LogP) is 3.74. The minimum atomic E-state index is -0.691. The number of rotatable bonds is 6. The first kappa shape index (κ1) is 24.7. The molecule has 0 atom stereocenters. The van der Waals surface area contributed by atoms with E-state index in [9.17, 15) is 14.4 Å². The van der Waals surface area contributed by atoms with E-state index in [-0.39, 0.29) is 23.8 Å². The number of likely N-dealkylation sites (N-methyl/N-ethyl adjacent to an activating group) is 1. The third-order valence-electron chi connectivity index (χ3n) is 10.4. The number of amides is 3. The van der Waals surface area contributed by atoms with E-state index in [1.54, 1.807) is 9.80 Å². The third-order valence-corrected chi connectivity index (χ3v) is 10.4. The summed E-state index contributed by atoms with van der Waals surface area (Å²) >= 11 is 0. The molecule has 6 aliphatic rings. The second-order valence-electron chi connectivity index (χ2n) is 12.5. The van der Waals surface area contributed by atoms with Crippen molar-refractivity contribution in [3.05, 3.63) is 30.3 Å². The largest absolute Gasteiger partial charge is 0.342 e. The standard InChI is InChI=1S/C30H42N4O3/c1-3-31(4-2)26(35)20-33-21-34(25-8-6-5-7-9-25)30(28(33)37)10-12-32(13-11-30)27(36)29-17-22-14-23(18-29)16-24(15-22)19-29/h5-9,22-24H,3-4,10-21H2,1-2H3. The molecule has 37 heavy (non-hydrogen) atoms. The van der Waals surface area contributed by atoms with Crippen LogP contribution in [-0.4, -0.2) is 77.4 Å². The Bertz CT molecular complexity index is 1010. The normalized spacial score (nSPS) is 31.9. The highest BCUT2D eigenvalue weighted by Gasteiger charge is 2.58. The maximum Gasteiger partial charge on any atom is 0.250 e. The molecule has 2 aliphatic heterocycles. The van der Waals surface area contributed by atoms with Crippen LogP contribution in [0.1, 0.15) is 65.2 Å². The maximum atomic E-state index is 14.0. The van der Waals surface area contributed by atoms with Crippen molar-refractivity contribution >= 4 is 23.4 Å². The van der Waals surface area contributed by atoms with E-state index in [2.05, 4.69) is 21.9 Å². The predicted molar refractivity (Wildman–Crippen MR) is 143 cm³/mol. The first-order valence-electron chi connectivity index (χ1n) is 14.6. The summed E-state index contributed by atoms with van der Waals surface area (Å²) in [5, 5.41) is 0. The van der Waals surface area contributed by atoms with Crippen LogP contribution in [0.15, 0.2) is 30.3 Å². The van der Waals surface area contributed by atoms with Crippen molar-refractivity contribution in [3.8, 4) is 0 Å². The van der Waals surface area contributed by atoms with E-state index in [1.807, 2.05) is 32.0 Å². The lowest BCUT2D eigenvalue weighted by atomic mass is 9.49. The fourth-order valence-electron chi connectivity index (χ4n) is 8.95. The molecule has 0 radical (unpaired) electrons. The monoisotopic (exact) mass is 506 g/mol. The number of para-hydroxylation sites is 1. The average Bonchev–Trinajstić information content (AvgIpc) is 3.15. The molecule has 7 rings (SSSR count). The maximum absolute atomic E-state index is 14.0. The van der Waals surface area contributed by atoms with Crippen LogP contribution in [-0.2, 0) is 14.4 Å². The highest BCUT2D eigenvalue weighted by Crippen LogP contribution is 2.60. The first-order valence-corrected chi connectivity index (χ1v) is 14.6. The van der Waals surface area contributed by atoms with Crippen LogP contribution in [0, 0.1) is 23.2 Å². The molecule has 0 aromatic heterocycles. The molecular formula is C30H42N4O3. The van der Waals surface area contributed by atoms with Crippen molar-refractivity contribution in [1.29, 1.82) is 0 Å². The molecule has 4 aliphatic carbocycles.